The number of nitrogens with one attached hydrogen (secondary N) is 2. The van der Waals surface area contributed by atoms with Crippen LogP contribution in [0.15, 0.2) is 42.0 Å². The van der Waals surface area contributed by atoms with Gasteiger partial charge in [0, 0.05) is 13.7 Å². The molecule has 2 amide bonds. The molecule has 0 aliphatic heterocycles. The van der Waals surface area contributed by atoms with Gasteiger partial charge >= 0.3 is 11.8 Å². The van der Waals surface area contributed by atoms with Crippen molar-refractivity contribution in [2.24, 2.45) is 5.10 Å². The number of nitrogens with zero attached hydrogens (tertiary/aromatic N) is 1. The molecule has 22 heavy (non-hydrogen) atoms. The highest BCUT2D eigenvalue weighted by Crippen LogP contribution is 2.11. The molecule has 0 saturated heterocycles. The van der Waals surface area contributed by atoms with Crippen molar-refractivity contribution in [2.45, 2.75) is 0 Å². The Morgan fingerprint density at radius 1 is 1.36 bits per heavy atom. The standard InChI is InChI=1S/C15H19N3O4/c1-3-8-22-13-6-4-5-12(10-13)11-17-18-15(20)14(19)16-7-9-21-2/h3-6,10-11H,1,7-9H2,2H3,(H,16,19)(H,18,20)/b17-11+. The second-order valence-electron chi connectivity index (χ2n) is 4.12. The number of amides is 2. The third-order valence-electron chi connectivity index (χ3n) is 2.40. The van der Waals surface area contributed by atoms with Crippen LogP contribution in [0.4, 0.5) is 0 Å². The Balaban J connectivity index is 2.46. The fourth-order valence-corrected chi connectivity index (χ4v) is 1.40. The van der Waals surface area contributed by atoms with Crippen molar-refractivity contribution >= 4 is 18.0 Å². The van der Waals surface area contributed by atoms with Crippen LogP contribution in [0.1, 0.15) is 5.56 Å². The fourth-order valence-electron chi connectivity index (χ4n) is 1.40. The lowest BCUT2D eigenvalue weighted by molar-refractivity contribution is -0.139. The minimum Gasteiger partial charge on any atom is -0.490 e. The van der Waals surface area contributed by atoms with Gasteiger partial charge in [-0.3, -0.25) is 9.59 Å². The third kappa shape index (κ3) is 6.67. The number of benzene rings is 1. The zero-order chi connectivity index (χ0) is 16.2. The van der Waals surface area contributed by atoms with Gasteiger partial charge in [-0.2, -0.15) is 5.10 Å². The molecule has 1 aromatic rings. The summed E-state index contributed by atoms with van der Waals surface area (Å²) in [6.45, 7) is 4.56. The molecule has 1 rings (SSSR count). The SMILES string of the molecule is C=CCOc1cccc(/C=N/NC(=O)C(=O)NCCOC)c1. The lowest BCUT2D eigenvalue weighted by Crippen LogP contribution is -2.39. The first-order valence-electron chi connectivity index (χ1n) is 6.61. The van der Waals surface area contributed by atoms with Gasteiger partial charge in [-0.05, 0) is 17.7 Å². The van der Waals surface area contributed by atoms with E-state index < -0.39 is 11.8 Å². The van der Waals surface area contributed by atoms with Gasteiger partial charge in [0.1, 0.15) is 12.4 Å². The highest BCUT2D eigenvalue weighted by atomic mass is 16.5. The minimum atomic E-state index is -0.841. The first kappa shape index (κ1) is 17.4. The molecule has 0 unspecified atom stereocenters. The molecule has 7 heteroatoms. The van der Waals surface area contributed by atoms with Crippen molar-refractivity contribution in [1.29, 1.82) is 0 Å². The summed E-state index contributed by atoms with van der Waals surface area (Å²) >= 11 is 0. The smallest absolute Gasteiger partial charge is 0.329 e. The molecular formula is C15H19N3O4. The Hall–Kier alpha value is -2.67. The molecular weight excluding hydrogens is 286 g/mol. The highest BCUT2D eigenvalue weighted by molar-refractivity contribution is 6.35. The molecule has 0 radical (unpaired) electrons. The molecule has 0 saturated carbocycles. The molecule has 0 heterocycles. The molecule has 7 nitrogen and oxygen atoms in total. The maximum Gasteiger partial charge on any atom is 0.329 e. The number of rotatable bonds is 8. The summed E-state index contributed by atoms with van der Waals surface area (Å²) in [5.41, 5.74) is 2.86. The normalized spacial score (nSPS) is 10.2. The summed E-state index contributed by atoms with van der Waals surface area (Å²) in [6.07, 6.45) is 3.06. The first-order chi connectivity index (χ1) is 10.7. The van der Waals surface area contributed by atoms with Crippen molar-refractivity contribution in [1.82, 2.24) is 10.7 Å². The number of hydrogen-bond acceptors (Lipinski definition) is 5. The van der Waals surface area contributed by atoms with Gasteiger partial charge in [0.15, 0.2) is 0 Å². The van der Waals surface area contributed by atoms with Crippen LogP contribution in [0.2, 0.25) is 0 Å². The van der Waals surface area contributed by atoms with E-state index in [-0.39, 0.29) is 6.54 Å². The van der Waals surface area contributed by atoms with Crippen LogP contribution in [-0.4, -0.2) is 44.9 Å². The molecule has 0 bridgehead atoms. The van der Waals surface area contributed by atoms with Crippen molar-refractivity contribution in [3.63, 3.8) is 0 Å². The van der Waals surface area contributed by atoms with Crippen LogP contribution < -0.4 is 15.5 Å². The lowest BCUT2D eigenvalue weighted by atomic mass is 10.2. The molecule has 0 atom stereocenters. The van der Waals surface area contributed by atoms with Gasteiger partial charge < -0.3 is 14.8 Å². The van der Waals surface area contributed by atoms with E-state index in [4.69, 9.17) is 9.47 Å². The van der Waals surface area contributed by atoms with Crippen LogP contribution >= 0.6 is 0 Å². The quantitative estimate of drug-likeness (QED) is 0.240. The van der Waals surface area contributed by atoms with Gasteiger partial charge in [-0.25, -0.2) is 5.43 Å². The van der Waals surface area contributed by atoms with Gasteiger partial charge in [0.05, 0.1) is 12.8 Å². The second kappa shape index (κ2) is 10.1. The van der Waals surface area contributed by atoms with Crippen LogP contribution in [0.25, 0.3) is 0 Å². The maximum atomic E-state index is 11.4. The Labute approximate surface area is 129 Å². The predicted molar refractivity (Wildman–Crippen MR) is 82.8 cm³/mol. The largest absolute Gasteiger partial charge is 0.490 e. The van der Waals surface area contributed by atoms with Gasteiger partial charge in [0.2, 0.25) is 0 Å². The summed E-state index contributed by atoms with van der Waals surface area (Å²) in [5.74, 6) is -0.948. The molecule has 118 valence electrons. The van der Waals surface area contributed by atoms with E-state index in [0.717, 1.165) is 5.56 Å². The second-order valence-corrected chi connectivity index (χ2v) is 4.12. The van der Waals surface area contributed by atoms with Crippen molar-refractivity contribution < 1.29 is 19.1 Å². The summed E-state index contributed by atoms with van der Waals surface area (Å²) in [7, 11) is 1.50. The zero-order valence-electron chi connectivity index (χ0n) is 12.4. The van der Waals surface area contributed by atoms with Crippen LogP contribution in [0.5, 0.6) is 5.75 Å². The van der Waals surface area contributed by atoms with Gasteiger partial charge in [-0.1, -0.05) is 24.8 Å². The molecule has 0 spiro atoms. The number of carbonyl (C=O) groups excluding carboxylic acids is 2. The van der Waals surface area contributed by atoms with Crippen molar-refractivity contribution in [3.8, 4) is 5.75 Å². The fraction of sp³-hybridized carbons (Fsp3) is 0.267. The minimum absolute atomic E-state index is 0.259. The Bertz CT molecular complexity index is 543. The van der Waals surface area contributed by atoms with Gasteiger partial charge in [-0.15, -0.1) is 0 Å². The van der Waals surface area contributed by atoms with Crippen LogP contribution in [0.3, 0.4) is 0 Å². The molecule has 1 aromatic carbocycles. The van der Waals surface area contributed by atoms with E-state index in [9.17, 15) is 9.59 Å². The number of ether oxygens (including phenoxy) is 2. The predicted octanol–water partition coefficient (Wildman–Crippen LogP) is 0.464. The number of hydrazone groups is 1. The Kier molecular flexibility index (Phi) is 7.99. The molecule has 2 N–H and O–H groups in total. The number of methoxy groups -OCH3 is 1. The zero-order valence-corrected chi connectivity index (χ0v) is 12.4. The highest BCUT2D eigenvalue weighted by Gasteiger charge is 2.10. The van der Waals surface area contributed by atoms with E-state index in [1.807, 2.05) is 0 Å². The number of hydrogen-bond donors (Lipinski definition) is 2. The van der Waals surface area contributed by atoms with Crippen LogP contribution in [0, 0.1) is 0 Å². The first-order valence-corrected chi connectivity index (χ1v) is 6.61. The molecule has 0 aliphatic carbocycles. The van der Waals surface area contributed by atoms with E-state index in [0.29, 0.717) is 19.0 Å². The third-order valence-corrected chi connectivity index (χ3v) is 2.40. The lowest BCUT2D eigenvalue weighted by Gasteiger charge is -2.04. The maximum absolute atomic E-state index is 11.4. The summed E-state index contributed by atoms with van der Waals surface area (Å²) in [6, 6.07) is 7.12. The molecule has 0 aromatic heterocycles. The topological polar surface area (TPSA) is 89.0 Å². The monoisotopic (exact) mass is 305 g/mol. The summed E-state index contributed by atoms with van der Waals surface area (Å²) in [4.78, 5) is 22.8. The summed E-state index contributed by atoms with van der Waals surface area (Å²) in [5, 5.41) is 6.10. The van der Waals surface area contributed by atoms with E-state index in [2.05, 4.69) is 22.4 Å². The van der Waals surface area contributed by atoms with Gasteiger partial charge in [0.25, 0.3) is 0 Å². The van der Waals surface area contributed by atoms with E-state index in [1.165, 1.54) is 13.3 Å². The average Bonchev–Trinajstić information content (AvgIpc) is 2.53. The Morgan fingerprint density at radius 2 is 2.18 bits per heavy atom. The molecule has 0 fully saturated rings. The number of carbonyl (C=O) groups is 2. The van der Waals surface area contributed by atoms with Crippen molar-refractivity contribution in [2.75, 3.05) is 26.9 Å². The van der Waals surface area contributed by atoms with Crippen LogP contribution in [-0.2, 0) is 14.3 Å². The van der Waals surface area contributed by atoms with E-state index >= 15 is 0 Å². The van der Waals surface area contributed by atoms with Crippen molar-refractivity contribution in [3.05, 3.63) is 42.5 Å². The van der Waals surface area contributed by atoms with E-state index in [1.54, 1.807) is 30.3 Å². The summed E-state index contributed by atoms with van der Waals surface area (Å²) < 4.78 is 10.1. The molecule has 0 aliphatic rings. The Morgan fingerprint density at radius 3 is 2.91 bits per heavy atom. The average molecular weight is 305 g/mol.